The zero-order valence-corrected chi connectivity index (χ0v) is 10.2. The first kappa shape index (κ1) is 11.9. The van der Waals surface area contributed by atoms with Crippen LogP contribution in [0.5, 0.6) is 0 Å². The maximum absolute atomic E-state index is 11.8. The molecule has 0 aliphatic carbocycles. The van der Waals surface area contributed by atoms with Crippen LogP contribution in [0, 0.1) is 0 Å². The number of nitrogens with one attached hydrogen (secondary N) is 2. The molecule has 2 N–H and O–H groups in total. The molecule has 2 rings (SSSR count). The Bertz CT molecular complexity index is 244. The second-order valence-corrected chi connectivity index (χ2v) is 5.11. The van der Waals surface area contributed by atoms with Crippen molar-refractivity contribution in [2.75, 3.05) is 26.7 Å². The number of nitrogens with zero attached hydrogens (tertiary/aromatic N) is 1. The lowest BCUT2D eigenvalue weighted by atomic mass is 10.0. The lowest BCUT2D eigenvalue weighted by Gasteiger charge is -2.32. The summed E-state index contributed by atoms with van der Waals surface area (Å²) in [6.07, 6.45) is 5.70. The maximum atomic E-state index is 11.8. The second-order valence-electron chi connectivity index (χ2n) is 5.11. The number of carbonyl (C=O) groups excluding carboxylic acids is 1. The van der Waals surface area contributed by atoms with Gasteiger partial charge in [-0.1, -0.05) is 0 Å². The fraction of sp³-hybridized carbons (Fsp3) is 0.917. The normalized spacial score (nSPS) is 33.2. The van der Waals surface area contributed by atoms with Gasteiger partial charge in [0.1, 0.15) is 0 Å². The molecule has 1 amide bonds. The topological polar surface area (TPSA) is 44.4 Å². The molecule has 4 nitrogen and oxygen atoms in total. The molecule has 0 bridgehead atoms. The van der Waals surface area contributed by atoms with Crippen LogP contribution < -0.4 is 10.6 Å². The highest BCUT2D eigenvalue weighted by Crippen LogP contribution is 2.12. The van der Waals surface area contributed by atoms with Crippen molar-refractivity contribution in [1.82, 2.24) is 15.5 Å². The van der Waals surface area contributed by atoms with E-state index in [0.717, 1.165) is 32.4 Å². The van der Waals surface area contributed by atoms with Crippen LogP contribution >= 0.6 is 0 Å². The molecule has 2 atom stereocenters. The van der Waals surface area contributed by atoms with Gasteiger partial charge in [-0.25, -0.2) is 0 Å². The van der Waals surface area contributed by atoms with Crippen molar-refractivity contribution in [2.45, 2.75) is 44.2 Å². The van der Waals surface area contributed by atoms with E-state index in [9.17, 15) is 4.79 Å². The van der Waals surface area contributed by atoms with E-state index in [2.05, 4.69) is 22.6 Å². The fourth-order valence-corrected chi connectivity index (χ4v) is 2.69. The minimum absolute atomic E-state index is 0.0407. The SMILES string of the molecule is CN1CCCC(NC2CCCCNC2=O)C1. The van der Waals surface area contributed by atoms with Gasteiger partial charge in [0.2, 0.25) is 5.91 Å². The van der Waals surface area contributed by atoms with Gasteiger partial charge in [0.05, 0.1) is 6.04 Å². The quantitative estimate of drug-likeness (QED) is 0.712. The molecule has 2 aliphatic rings. The molecule has 2 aliphatic heterocycles. The number of likely N-dealkylation sites (tertiary alicyclic amines) is 1. The highest BCUT2D eigenvalue weighted by molar-refractivity contribution is 5.81. The van der Waals surface area contributed by atoms with Crippen LogP contribution in [-0.4, -0.2) is 49.6 Å². The number of hydrogen-bond donors (Lipinski definition) is 2. The Labute approximate surface area is 97.8 Å². The third-order valence-electron chi connectivity index (χ3n) is 3.60. The predicted octanol–water partition coefficient (Wildman–Crippen LogP) is 0.339. The maximum Gasteiger partial charge on any atom is 0.237 e. The number of hydrogen-bond acceptors (Lipinski definition) is 3. The molecule has 0 radical (unpaired) electrons. The van der Waals surface area contributed by atoms with Crippen LogP contribution in [0.25, 0.3) is 0 Å². The highest BCUT2D eigenvalue weighted by Gasteiger charge is 2.25. The minimum atomic E-state index is 0.0407. The summed E-state index contributed by atoms with van der Waals surface area (Å²) in [6, 6.07) is 0.534. The zero-order valence-electron chi connectivity index (χ0n) is 10.2. The molecule has 92 valence electrons. The summed E-state index contributed by atoms with van der Waals surface area (Å²) in [5.74, 6) is 0.200. The van der Waals surface area contributed by atoms with E-state index in [0.29, 0.717) is 6.04 Å². The molecular formula is C12H23N3O. The Kier molecular flexibility index (Phi) is 4.18. The van der Waals surface area contributed by atoms with E-state index >= 15 is 0 Å². The number of piperidine rings is 1. The molecule has 2 heterocycles. The molecule has 2 unspecified atom stereocenters. The van der Waals surface area contributed by atoms with Crippen LogP contribution in [-0.2, 0) is 4.79 Å². The van der Waals surface area contributed by atoms with Crippen LogP contribution in [0.4, 0.5) is 0 Å². The largest absolute Gasteiger partial charge is 0.355 e. The van der Waals surface area contributed by atoms with Crippen molar-refractivity contribution in [2.24, 2.45) is 0 Å². The first-order chi connectivity index (χ1) is 7.75. The molecule has 0 aromatic rings. The molecule has 2 saturated heterocycles. The summed E-state index contributed by atoms with van der Waals surface area (Å²) in [7, 11) is 2.15. The summed E-state index contributed by atoms with van der Waals surface area (Å²) in [5, 5.41) is 6.50. The summed E-state index contributed by atoms with van der Waals surface area (Å²) in [5.41, 5.74) is 0. The van der Waals surface area contributed by atoms with Gasteiger partial charge in [-0.2, -0.15) is 0 Å². The van der Waals surface area contributed by atoms with Gasteiger partial charge in [0.25, 0.3) is 0 Å². The van der Waals surface area contributed by atoms with E-state index in [4.69, 9.17) is 0 Å². The van der Waals surface area contributed by atoms with E-state index in [1.807, 2.05) is 0 Å². The minimum Gasteiger partial charge on any atom is -0.355 e. The van der Waals surface area contributed by atoms with Crippen molar-refractivity contribution in [3.05, 3.63) is 0 Å². The molecular weight excluding hydrogens is 202 g/mol. The van der Waals surface area contributed by atoms with Crippen molar-refractivity contribution in [3.8, 4) is 0 Å². The summed E-state index contributed by atoms with van der Waals surface area (Å²) in [6.45, 7) is 3.11. The van der Waals surface area contributed by atoms with Gasteiger partial charge in [-0.15, -0.1) is 0 Å². The van der Waals surface area contributed by atoms with Crippen LogP contribution in [0.15, 0.2) is 0 Å². The Morgan fingerprint density at radius 3 is 3.00 bits per heavy atom. The predicted molar refractivity (Wildman–Crippen MR) is 64.3 cm³/mol. The first-order valence-corrected chi connectivity index (χ1v) is 6.48. The Balaban J connectivity index is 1.84. The van der Waals surface area contributed by atoms with Gasteiger partial charge in [0, 0.05) is 19.1 Å². The van der Waals surface area contributed by atoms with Gasteiger partial charge in [-0.3, -0.25) is 4.79 Å². The van der Waals surface area contributed by atoms with Crippen molar-refractivity contribution < 1.29 is 4.79 Å². The Morgan fingerprint density at radius 1 is 1.31 bits per heavy atom. The van der Waals surface area contributed by atoms with Gasteiger partial charge >= 0.3 is 0 Å². The molecule has 0 aromatic heterocycles. The van der Waals surface area contributed by atoms with Gasteiger partial charge in [-0.05, 0) is 45.7 Å². The number of likely N-dealkylation sites (N-methyl/N-ethyl adjacent to an activating group) is 1. The smallest absolute Gasteiger partial charge is 0.237 e. The third-order valence-corrected chi connectivity index (χ3v) is 3.60. The van der Waals surface area contributed by atoms with Crippen molar-refractivity contribution in [1.29, 1.82) is 0 Å². The van der Waals surface area contributed by atoms with E-state index in [1.165, 1.54) is 19.4 Å². The molecule has 2 fully saturated rings. The Morgan fingerprint density at radius 2 is 2.19 bits per heavy atom. The van der Waals surface area contributed by atoms with E-state index in [-0.39, 0.29) is 11.9 Å². The monoisotopic (exact) mass is 225 g/mol. The standard InChI is InChI=1S/C12H23N3O/c1-15-8-4-5-10(9-15)14-11-6-2-3-7-13-12(11)16/h10-11,14H,2-9H2,1H3,(H,13,16). The number of carbonyl (C=O) groups is 1. The average Bonchev–Trinajstić information content (AvgIpc) is 2.45. The summed E-state index contributed by atoms with van der Waals surface area (Å²) in [4.78, 5) is 14.1. The lowest BCUT2D eigenvalue weighted by molar-refractivity contribution is -0.123. The van der Waals surface area contributed by atoms with E-state index < -0.39 is 0 Å². The number of rotatable bonds is 2. The summed E-state index contributed by atoms with van der Waals surface area (Å²) < 4.78 is 0. The van der Waals surface area contributed by atoms with Gasteiger partial charge < -0.3 is 15.5 Å². The zero-order chi connectivity index (χ0) is 11.4. The van der Waals surface area contributed by atoms with Crippen LogP contribution in [0.2, 0.25) is 0 Å². The van der Waals surface area contributed by atoms with E-state index in [1.54, 1.807) is 0 Å². The number of amides is 1. The third kappa shape index (κ3) is 3.19. The fourth-order valence-electron chi connectivity index (χ4n) is 2.69. The van der Waals surface area contributed by atoms with Crippen molar-refractivity contribution >= 4 is 5.91 Å². The second kappa shape index (κ2) is 5.64. The Hall–Kier alpha value is -0.610. The van der Waals surface area contributed by atoms with Gasteiger partial charge in [0.15, 0.2) is 0 Å². The molecule has 0 spiro atoms. The van der Waals surface area contributed by atoms with Crippen LogP contribution in [0.1, 0.15) is 32.1 Å². The average molecular weight is 225 g/mol. The summed E-state index contributed by atoms with van der Waals surface area (Å²) >= 11 is 0. The van der Waals surface area contributed by atoms with Crippen LogP contribution in [0.3, 0.4) is 0 Å². The molecule has 0 aromatic carbocycles. The lowest BCUT2D eigenvalue weighted by Crippen LogP contribution is -2.52. The molecule has 4 heteroatoms. The highest BCUT2D eigenvalue weighted by atomic mass is 16.2. The van der Waals surface area contributed by atoms with Crippen molar-refractivity contribution in [3.63, 3.8) is 0 Å². The first-order valence-electron chi connectivity index (χ1n) is 6.48. The molecule has 0 saturated carbocycles. The molecule has 16 heavy (non-hydrogen) atoms.